The van der Waals surface area contributed by atoms with Gasteiger partial charge in [-0.3, -0.25) is 0 Å². The number of rotatable bonds is 7. The summed E-state index contributed by atoms with van der Waals surface area (Å²) < 4.78 is 0. The van der Waals surface area contributed by atoms with Crippen LogP contribution < -0.4 is 0 Å². The van der Waals surface area contributed by atoms with Gasteiger partial charge in [0.25, 0.3) is 0 Å². The molecule has 0 aliphatic heterocycles. The minimum absolute atomic E-state index is 0.745. The van der Waals surface area contributed by atoms with Crippen molar-refractivity contribution in [1.82, 2.24) is 0 Å². The molecule has 2 atom stereocenters. The van der Waals surface area contributed by atoms with Crippen molar-refractivity contribution in [2.75, 3.05) is 0 Å². The van der Waals surface area contributed by atoms with Crippen LogP contribution >= 0.6 is 0 Å². The zero-order valence-electron chi connectivity index (χ0n) is 9.42. The maximum Gasteiger partial charge on any atom is -0.0265 e. The molecule has 2 unspecified atom stereocenters. The molecule has 0 fully saturated rings. The molecule has 13 heavy (non-hydrogen) atoms. The summed E-state index contributed by atoms with van der Waals surface area (Å²) in [4.78, 5) is 0. The molecule has 0 heterocycles. The van der Waals surface area contributed by atoms with E-state index in [1.165, 1.54) is 19.3 Å². The summed E-state index contributed by atoms with van der Waals surface area (Å²) in [5.41, 5.74) is 0. The van der Waals surface area contributed by atoms with Crippen molar-refractivity contribution in [3.05, 3.63) is 24.8 Å². The van der Waals surface area contributed by atoms with Gasteiger partial charge in [0.1, 0.15) is 0 Å². The lowest BCUT2D eigenvalue weighted by Gasteiger charge is -2.05. The van der Waals surface area contributed by atoms with Gasteiger partial charge in [-0.05, 0) is 31.1 Å². The first kappa shape index (κ1) is 12.5. The van der Waals surface area contributed by atoms with E-state index in [0.717, 1.165) is 18.3 Å². The van der Waals surface area contributed by atoms with E-state index in [-0.39, 0.29) is 0 Å². The van der Waals surface area contributed by atoms with Crippen LogP contribution in [0.2, 0.25) is 0 Å². The highest BCUT2D eigenvalue weighted by molar-refractivity contribution is 4.86. The van der Waals surface area contributed by atoms with Crippen molar-refractivity contribution in [2.24, 2.45) is 11.8 Å². The Morgan fingerprint density at radius 3 is 2.54 bits per heavy atom. The summed E-state index contributed by atoms with van der Waals surface area (Å²) in [6, 6.07) is 0. The van der Waals surface area contributed by atoms with Gasteiger partial charge in [-0.15, -0.1) is 6.58 Å². The summed E-state index contributed by atoms with van der Waals surface area (Å²) in [6.07, 6.45) is 11.6. The van der Waals surface area contributed by atoms with E-state index in [2.05, 4.69) is 39.5 Å². The van der Waals surface area contributed by atoms with Gasteiger partial charge in [0.15, 0.2) is 0 Å². The van der Waals surface area contributed by atoms with E-state index in [1.807, 2.05) is 6.08 Å². The second-order valence-corrected chi connectivity index (χ2v) is 4.02. The molecule has 0 aliphatic rings. The Bertz CT molecular complexity index is 144. The van der Waals surface area contributed by atoms with Crippen molar-refractivity contribution in [3.8, 4) is 0 Å². The molecule has 0 radical (unpaired) electrons. The Morgan fingerprint density at radius 2 is 2.00 bits per heavy atom. The van der Waals surface area contributed by atoms with Crippen molar-refractivity contribution in [2.45, 2.75) is 46.5 Å². The van der Waals surface area contributed by atoms with Gasteiger partial charge in [0, 0.05) is 0 Å². The van der Waals surface area contributed by atoms with Crippen molar-refractivity contribution in [1.29, 1.82) is 0 Å². The second-order valence-electron chi connectivity index (χ2n) is 4.02. The average Bonchev–Trinajstić information content (AvgIpc) is 2.12. The Labute approximate surface area is 83.7 Å². The fraction of sp³-hybridized carbons (Fsp3) is 0.692. The Morgan fingerprint density at radius 1 is 1.31 bits per heavy atom. The largest absolute Gasteiger partial charge is 0.103 e. The fourth-order valence-electron chi connectivity index (χ4n) is 1.25. The first-order valence-corrected chi connectivity index (χ1v) is 5.48. The Hall–Kier alpha value is -0.520. The highest BCUT2D eigenvalue weighted by Crippen LogP contribution is 2.11. The van der Waals surface area contributed by atoms with E-state index < -0.39 is 0 Å². The number of allylic oxidation sites excluding steroid dienone is 3. The van der Waals surface area contributed by atoms with Gasteiger partial charge < -0.3 is 0 Å². The van der Waals surface area contributed by atoms with Crippen LogP contribution in [0.25, 0.3) is 0 Å². The average molecular weight is 180 g/mol. The molecule has 0 saturated heterocycles. The van der Waals surface area contributed by atoms with E-state index in [0.29, 0.717) is 0 Å². The molecular weight excluding hydrogens is 156 g/mol. The van der Waals surface area contributed by atoms with Crippen LogP contribution in [-0.4, -0.2) is 0 Å². The monoisotopic (exact) mass is 180 g/mol. The normalized spacial score (nSPS) is 15.9. The predicted molar refractivity (Wildman–Crippen MR) is 61.8 cm³/mol. The summed E-state index contributed by atoms with van der Waals surface area (Å²) in [5.74, 6) is 1.54. The smallest absolute Gasteiger partial charge is 0.0265 e. The second kappa shape index (κ2) is 8.10. The molecule has 0 bridgehead atoms. The molecule has 0 saturated carbocycles. The summed E-state index contributed by atoms with van der Waals surface area (Å²) in [7, 11) is 0. The van der Waals surface area contributed by atoms with Gasteiger partial charge >= 0.3 is 0 Å². The van der Waals surface area contributed by atoms with Crippen LogP contribution in [0.3, 0.4) is 0 Å². The topological polar surface area (TPSA) is 0 Å². The highest BCUT2D eigenvalue weighted by atomic mass is 14.0. The van der Waals surface area contributed by atoms with Gasteiger partial charge in [0.2, 0.25) is 0 Å². The van der Waals surface area contributed by atoms with Gasteiger partial charge in [-0.25, -0.2) is 0 Å². The lowest BCUT2D eigenvalue weighted by Crippen LogP contribution is -1.91. The zero-order valence-corrected chi connectivity index (χ0v) is 9.42. The highest BCUT2D eigenvalue weighted by Gasteiger charge is 1.97. The van der Waals surface area contributed by atoms with Crippen LogP contribution in [0.4, 0.5) is 0 Å². The maximum atomic E-state index is 3.75. The summed E-state index contributed by atoms with van der Waals surface area (Å²) in [6.45, 7) is 10.5. The van der Waals surface area contributed by atoms with E-state index in [4.69, 9.17) is 0 Å². The quantitative estimate of drug-likeness (QED) is 0.503. The first-order valence-electron chi connectivity index (χ1n) is 5.48. The molecule has 0 nitrogen and oxygen atoms in total. The predicted octanol–water partition coefficient (Wildman–Crippen LogP) is 4.58. The third-order valence-corrected chi connectivity index (χ3v) is 2.50. The minimum Gasteiger partial charge on any atom is -0.103 e. The molecule has 0 amide bonds. The molecule has 0 aromatic carbocycles. The zero-order chi connectivity index (χ0) is 10.1. The molecule has 0 aliphatic carbocycles. The van der Waals surface area contributed by atoms with Crippen LogP contribution in [0, 0.1) is 11.8 Å². The van der Waals surface area contributed by atoms with E-state index in [9.17, 15) is 0 Å². The summed E-state index contributed by atoms with van der Waals surface area (Å²) in [5, 5.41) is 0. The summed E-state index contributed by atoms with van der Waals surface area (Å²) >= 11 is 0. The molecule has 76 valence electrons. The molecule has 0 aromatic heterocycles. The number of hydrogen-bond donors (Lipinski definition) is 0. The van der Waals surface area contributed by atoms with Crippen molar-refractivity contribution < 1.29 is 0 Å². The van der Waals surface area contributed by atoms with Gasteiger partial charge in [-0.1, -0.05) is 45.4 Å². The molecular formula is C13H24. The molecule has 0 rings (SSSR count). The van der Waals surface area contributed by atoms with Gasteiger partial charge in [0.05, 0.1) is 0 Å². The van der Waals surface area contributed by atoms with E-state index >= 15 is 0 Å². The first-order chi connectivity index (χ1) is 6.20. The third-order valence-electron chi connectivity index (χ3n) is 2.50. The van der Waals surface area contributed by atoms with E-state index in [1.54, 1.807) is 0 Å². The minimum atomic E-state index is 0.745. The lowest BCUT2D eigenvalue weighted by atomic mass is 10.0. The SMILES string of the molecule is C=CCC(C)CCC=CC(C)CC. The number of hydrogen-bond acceptors (Lipinski definition) is 0. The maximum absolute atomic E-state index is 3.75. The standard InChI is InChI=1S/C13H24/c1-5-9-13(4)11-8-7-10-12(3)6-2/h5,7,10,12-13H,1,6,8-9,11H2,2-4H3. The van der Waals surface area contributed by atoms with Crippen LogP contribution in [0.5, 0.6) is 0 Å². The van der Waals surface area contributed by atoms with Crippen LogP contribution in [0.15, 0.2) is 24.8 Å². The Kier molecular flexibility index (Phi) is 7.77. The molecule has 0 heteroatoms. The third kappa shape index (κ3) is 7.83. The molecule has 0 spiro atoms. The molecule has 0 N–H and O–H groups in total. The van der Waals surface area contributed by atoms with Crippen LogP contribution in [-0.2, 0) is 0 Å². The van der Waals surface area contributed by atoms with Crippen molar-refractivity contribution >= 4 is 0 Å². The van der Waals surface area contributed by atoms with Crippen molar-refractivity contribution in [3.63, 3.8) is 0 Å². The van der Waals surface area contributed by atoms with Crippen LogP contribution in [0.1, 0.15) is 46.5 Å². The molecule has 0 aromatic rings. The van der Waals surface area contributed by atoms with Gasteiger partial charge in [-0.2, -0.15) is 0 Å². The lowest BCUT2D eigenvalue weighted by molar-refractivity contribution is 0.545. The Balaban J connectivity index is 3.43. The fourth-order valence-corrected chi connectivity index (χ4v) is 1.25.